The van der Waals surface area contributed by atoms with Crippen LogP contribution in [0, 0.1) is 10.1 Å². The average Bonchev–Trinajstić information content (AvgIpc) is 2.47. The topological polar surface area (TPSA) is 116 Å². The number of carbonyl (C=O) groups excluding carboxylic acids is 1. The molecule has 0 fully saturated rings. The third-order valence-corrected chi connectivity index (χ3v) is 4.59. The van der Waals surface area contributed by atoms with Crippen LogP contribution >= 0.6 is 15.9 Å². The molecule has 0 saturated heterocycles. The molecule has 1 rings (SSSR count). The van der Waals surface area contributed by atoms with Crippen molar-refractivity contribution >= 4 is 37.6 Å². The molecule has 0 aliphatic heterocycles. The number of nitrogens with one attached hydrogen (secondary N) is 1. The third-order valence-electron chi connectivity index (χ3n) is 2.62. The number of rotatable bonds is 8. The lowest BCUT2D eigenvalue weighted by atomic mass is 10.2. The normalized spacial score (nSPS) is 12.6. The van der Waals surface area contributed by atoms with Gasteiger partial charge in [-0.25, -0.2) is 8.42 Å². The second kappa shape index (κ2) is 8.20. The summed E-state index contributed by atoms with van der Waals surface area (Å²) in [5, 5.41) is 11.3. The number of alkyl halides is 1. The highest BCUT2D eigenvalue weighted by Crippen LogP contribution is 2.23. The van der Waals surface area contributed by atoms with Crippen LogP contribution in [0.1, 0.15) is 13.3 Å². The summed E-state index contributed by atoms with van der Waals surface area (Å²) < 4.78 is 31.6. The molecule has 8 nitrogen and oxygen atoms in total. The number of esters is 1. The number of nitrogens with zero attached hydrogens (tertiary/aromatic N) is 1. The van der Waals surface area contributed by atoms with Gasteiger partial charge in [0.25, 0.3) is 5.69 Å². The standard InChI is InChI=1S/C12H15BrN2O6S/c1-2-21-12(16)9(7-8-13)14-22(19,20)11-6-4-3-5-10(11)15(17)18/h3-6,9,14H,2,7-8H2,1H3/t9-/m1/s1. The van der Waals surface area contributed by atoms with E-state index in [1.807, 2.05) is 0 Å². The van der Waals surface area contributed by atoms with E-state index < -0.39 is 37.5 Å². The van der Waals surface area contributed by atoms with Gasteiger partial charge in [-0.15, -0.1) is 0 Å². The predicted molar refractivity (Wildman–Crippen MR) is 82.2 cm³/mol. The zero-order valence-corrected chi connectivity index (χ0v) is 14.1. The molecule has 122 valence electrons. The Morgan fingerprint density at radius 2 is 2.09 bits per heavy atom. The van der Waals surface area contributed by atoms with E-state index in [-0.39, 0.29) is 13.0 Å². The second-order valence-corrected chi connectivity index (χ2v) is 6.60. The number of sulfonamides is 1. The van der Waals surface area contributed by atoms with Crippen molar-refractivity contribution in [3.05, 3.63) is 34.4 Å². The fraction of sp³-hybridized carbons (Fsp3) is 0.417. The molecule has 1 atom stereocenters. The Kier molecular flexibility index (Phi) is 6.91. The molecule has 0 saturated carbocycles. The smallest absolute Gasteiger partial charge is 0.324 e. The molecule has 22 heavy (non-hydrogen) atoms. The van der Waals surface area contributed by atoms with Gasteiger partial charge in [-0.05, 0) is 19.4 Å². The minimum atomic E-state index is -4.23. The maximum Gasteiger partial charge on any atom is 0.324 e. The first-order chi connectivity index (χ1) is 10.3. The Labute approximate surface area is 136 Å². The highest BCUT2D eigenvalue weighted by molar-refractivity contribution is 9.09. The molecule has 0 aliphatic carbocycles. The number of nitro benzene ring substituents is 1. The third kappa shape index (κ3) is 4.75. The summed E-state index contributed by atoms with van der Waals surface area (Å²) in [6.45, 7) is 1.70. The summed E-state index contributed by atoms with van der Waals surface area (Å²) in [6.07, 6.45) is 0.151. The number of para-hydroxylation sites is 1. The molecule has 1 aromatic rings. The summed E-state index contributed by atoms with van der Waals surface area (Å²) in [6, 6.07) is 3.79. The maximum absolute atomic E-state index is 12.3. The first-order valence-corrected chi connectivity index (χ1v) is 8.92. The van der Waals surface area contributed by atoms with E-state index in [2.05, 4.69) is 20.7 Å². The minimum Gasteiger partial charge on any atom is -0.465 e. The van der Waals surface area contributed by atoms with E-state index in [1.54, 1.807) is 6.92 Å². The van der Waals surface area contributed by atoms with Crippen molar-refractivity contribution in [2.24, 2.45) is 0 Å². The van der Waals surface area contributed by atoms with Gasteiger partial charge in [-0.3, -0.25) is 14.9 Å². The molecule has 1 N–H and O–H groups in total. The fourth-order valence-electron chi connectivity index (χ4n) is 1.66. The van der Waals surface area contributed by atoms with Crippen molar-refractivity contribution in [1.82, 2.24) is 4.72 Å². The quantitative estimate of drug-likeness (QED) is 0.309. The summed E-state index contributed by atoms with van der Waals surface area (Å²) in [7, 11) is -4.23. The van der Waals surface area contributed by atoms with E-state index >= 15 is 0 Å². The largest absolute Gasteiger partial charge is 0.465 e. The molecule has 0 aliphatic rings. The lowest BCUT2D eigenvalue weighted by Gasteiger charge is -2.16. The maximum atomic E-state index is 12.3. The van der Waals surface area contributed by atoms with Gasteiger partial charge in [-0.1, -0.05) is 28.1 Å². The van der Waals surface area contributed by atoms with Gasteiger partial charge in [0.05, 0.1) is 11.5 Å². The molecule has 0 amide bonds. The van der Waals surface area contributed by atoms with Crippen LogP contribution in [-0.4, -0.2) is 37.3 Å². The Morgan fingerprint density at radius 3 is 2.64 bits per heavy atom. The van der Waals surface area contributed by atoms with Crippen molar-refractivity contribution in [3.63, 3.8) is 0 Å². The Bertz CT molecular complexity index is 649. The summed E-state index contributed by atoms with van der Waals surface area (Å²) in [5.41, 5.74) is -0.559. The number of halogens is 1. The van der Waals surface area contributed by atoms with Gasteiger partial charge >= 0.3 is 5.97 Å². The van der Waals surface area contributed by atoms with Crippen molar-refractivity contribution in [3.8, 4) is 0 Å². The number of nitro groups is 1. The molecule has 10 heteroatoms. The van der Waals surface area contributed by atoms with Gasteiger partial charge in [0.2, 0.25) is 10.0 Å². The Morgan fingerprint density at radius 1 is 1.45 bits per heavy atom. The Hall–Kier alpha value is -1.52. The summed E-state index contributed by atoms with van der Waals surface area (Å²) >= 11 is 3.12. The first kappa shape index (κ1) is 18.5. The molecular formula is C12H15BrN2O6S. The van der Waals surface area contributed by atoms with Crippen molar-refractivity contribution in [2.45, 2.75) is 24.3 Å². The monoisotopic (exact) mass is 394 g/mol. The van der Waals surface area contributed by atoms with Gasteiger partial charge < -0.3 is 4.74 Å². The van der Waals surface area contributed by atoms with Crippen LogP contribution in [0.25, 0.3) is 0 Å². The van der Waals surface area contributed by atoms with Gasteiger partial charge in [0.1, 0.15) is 6.04 Å². The van der Waals surface area contributed by atoms with E-state index in [9.17, 15) is 23.3 Å². The van der Waals surface area contributed by atoms with Crippen LogP contribution in [0.5, 0.6) is 0 Å². The second-order valence-electron chi connectivity index (χ2n) is 4.13. The number of ether oxygens (including phenoxy) is 1. The van der Waals surface area contributed by atoms with Crippen molar-refractivity contribution < 1.29 is 22.9 Å². The number of carbonyl (C=O) groups is 1. The Balaban J connectivity index is 3.13. The van der Waals surface area contributed by atoms with E-state index in [4.69, 9.17) is 4.74 Å². The van der Waals surface area contributed by atoms with Crippen LogP contribution in [0.3, 0.4) is 0 Å². The van der Waals surface area contributed by atoms with Gasteiger partial charge in [0, 0.05) is 11.4 Å². The van der Waals surface area contributed by atoms with Crippen molar-refractivity contribution in [2.75, 3.05) is 11.9 Å². The summed E-state index contributed by atoms with van der Waals surface area (Å²) in [5.74, 6) is -0.732. The van der Waals surface area contributed by atoms with E-state index in [0.717, 1.165) is 12.1 Å². The van der Waals surface area contributed by atoms with Crippen LogP contribution in [0.15, 0.2) is 29.2 Å². The molecular weight excluding hydrogens is 380 g/mol. The first-order valence-electron chi connectivity index (χ1n) is 6.31. The van der Waals surface area contributed by atoms with Crippen LogP contribution in [0.4, 0.5) is 5.69 Å². The number of hydrogen-bond acceptors (Lipinski definition) is 6. The SMILES string of the molecule is CCOC(=O)[C@@H](CCBr)NS(=O)(=O)c1ccccc1[N+](=O)[O-]. The average molecular weight is 395 g/mol. The lowest BCUT2D eigenvalue weighted by Crippen LogP contribution is -2.42. The highest BCUT2D eigenvalue weighted by atomic mass is 79.9. The van der Waals surface area contributed by atoms with Crippen molar-refractivity contribution in [1.29, 1.82) is 0 Å². The van der Waals surface area contributed by atoms with Crippen LogP contribution in [0.2, 0.25) is 0 Å². The number of benzene rings is 1. The lowest BCUT2D eigenvalue weighted by molar-refractivity contribution is -0.387. The van der Waals surface area contributed by atoms with E-state index in [0.29, 0.717) is 5.33 Å². The molecule has 0 bridgehead atoms. The van der Waals surface area contributed by atoms with Gasteiger partial charge in [-0.2, -0.15) is 4.72 Å². The zero-order valence-electron chi connectivity index (χ0n) is 11.7. The molecule has 0 heterocycles. The highest BCUT2D eigenvalue weighted by Gasteiger charge is 2.30. The molecule has 0 aromatic heterocycles. The van der Waals surface area contributed by atoms with Crippen LogP contribution in [-0.2, 0) is 19.6 Å². The molecule has 0 spiro atoms. The molecule has 0 unspecified atom stereocenters. The zero-order chi connectivity index (χ0) is 16.8. The minimum absolute atomic E-state index is 0.102. The van der Waals surface area contributed by atoms with E-state index in [1.165, 1.54) is 12.1 Å². The molecule has 0 radical (unpaired) electrons. The van der Waals surface area contributed by atoms with Crippen LogP contribution < -0.4 is 4.72 Å². The van der Waals surface area contributed by atoms with Gasteiger partial charge in [0.15, 0.2) is 4.90 Å². The number of hydrogen-bond donors (Lipinski definition) is 1. The summed E-state index contributed by atoms with van der Waals surface area (Å²) in [4.78, 5) is 21.4. The molecule has 1 aromatic carbocycles. The predicted octanol–water partition coefficient (Wildman–Crippen LogP) is 1.59. The fourth-order valence-corrected chi connectivity index (χ4v) is 3.51.